The summed E-state index contributed by atoms with van der Waals surface area (Å²) in [5, 5.41) is 18.3. The Morgan fingerprint density at radius 3 is 1.36 bits per heavy atom. The van der Waals surface area contributed by atoms with Crippen LogP contribution >= 0.6 is 7.82 Å². The molecule has 1 unspecified atom stereocenters. The van der Waals surface area contributed by atoms with Gasteiger partial charge >= 0.3 is 19.8 Å². The van der Waals surface area contributed by atoms with Gasteiger partial charge in [0.25, 0.3) is 0 Å². The first kappa shape index (κ1) is 51.7. The summed E-state index contributed by atoms with van der Waals surface area (Å²) >= 11 is 0. The lowest BCUT2D eigenvalue weighted by Crippen LogP contribution is -2.29. The molecule has 3 atom stereocenters. The highest BCUT2D eigenvalue weighted by molar-refractivity contribution is 7.47. The van der Waals surface area contributed by atoms with E-state index in [1.165, 1.54) is 116 Å². The summed E-state index contributed by atoms with van der Waals surface area (Å²) in [6.07, 6.45) is 36.0. The lowest BCUT2D eigenvalue weighted by molar-refractivity contribution is -0.161. The van der Waals surface area contributed by atoms with E-state index in [0.717, 1.165) is 51.4 Å². The van der Waals surface area contributed by atoms with Crippen molar-refractivity contribution in [2.75, 3.05) is 26.4 Å². The van der Waals surface area contributed by atoms with Gasteiger partial charge < -0.3 is 24.6 Å². The molecule has 11 heteroatoms. The molecule has 0 bridgehead atoms. The minimum absolute atomic E-state index is 0.188. The zero-order valence-electron chi connectivity index (χ0n) is 34.0. The summed E-state index contributed by atoms with van der Waals surface area (Å²) in [6.45, 7) is 2.39. The smallest absolute Gasteiger partial charge is 0.462 e. The molecule has 0 rings (SSSR count). The molecule has 0 aliphatic heterocycles. The standard InChI is InChI=1S/C42H81O10P/c1-3-5-7-9-11-13-15-17-19-21-23-25-27-29-31-33-41(45)49-37-40(38-51-53(47,48)50-36-39(44)35-43)52-42(46)34-32-30-28-26-24-22-20-18-16-14-12-10-8-6-4-2/h17,19,39-40,43-44H,3-16,18,20-38H2,1-2H3,(H,47,48)/b19-17+/t39-,40+/m0/s1. The molecule has 3 N–H and O–H groups in total. The van der Waals surface area contributed by atoms with E-state index in [1.54, 1.807) is 0 Å². The molecule has 10 nitrogen and oxygen atoms in total. The average molecular weight is 777 g/mol. The largest absolute Gasteiger partial charge is 0.472 e. The van der Waals surface area contributed by atoms with Gasteiger partial charge in [-0.1, -0.05) is 167 Å². The molecule has 0 aromatic carbocycles. The average Bonchev–Trinajstić information content (AvgIpc) is 3.14. The molecular formula is C42H81O10P. The predicted octanol–water partition coefficient (Wildman–Crippen LogP) is 11.2. The highest BCUT2D eigenvalue weighted by Gasteiger charge is 2.27. The SMILES string of the molecule is CCCCCCCC/C=C/CCCCCCCC(=O)OC[C@H](COP(=O)(O)OC[C@@H](O)CO)OC(=O)CCCCCCCCCCCCCCCCC. The van der Waals surface area contributed by atoms with Crippen molar-refractivity contribution in [2.45, 2.75) is 219 Å². The van der Waals surface area contributed by atoms with Gasteiger partial charge in [0.05, 0.1) is 19.8 Å². The number of carbonyl (C=O) groups is 2. The highest BCUT2D eigenvalue weighted by Crippen LogP contribution is 2.43. The maximum Gasteiger partial charge on any atom is 0.472 e. The van der Waals surface area contributed by atoms with Gasteiger partial charge in [0.2, 0.25) is 0 Å². The van der Waals surface area contributed by atoms with Gasteiger partial charge in [-0.2, -0.15) is 0 Å². The number of esters is 2. The second kappa shape index (κ2) is 39.0. The monoisotopic (exact) mass is 777 g/mol. The van der Waals surface area contributed by atoms with E-state index < -0.39 is 51.8 Å². The van der Waals surface area contributed by atoms with Gasteiger partial charge in [0.15, 0.2) is 6.10 Å². The fraction of sp³-hybridized carbons (Fsp3) is 0.905. The summed E-state index contributed by atoms with van der Waals surface area (Å²) in [4.78, 5) is 34.9. The lowest BCUT2D eigenvalue weighted by atomic mass is 10.0. The summed E-state index contributed by atoms with van der Waals surface area (Å²) in [7, 11) is -4.61. The van der Waals surface area contributed by atoms with Crippen LogP contribution in [0.3, 0.4) is 0 Å². The van der Waals surface area contributed by atoms with Gasteiger partial charge in [-0.15, -0.1) is 0 Å². The Hall–Kier alpha value is -1.29. The molecule has 0 aliphatic rings. The van der Waals surface area contributed by atoms with Gasteiger partial charge in [0, 0.05) is 12.8 Å². The maximum absolute atomic E-state index is 12.6. The van der Waals surface area contributed by atoms with Crippen molar-refractivity contribution in [3.05, 3.63) is 12.2 Å². The minimum atomic E-state index is -4.61. The molecule has 0 aromatic rings. The highest BCUT2D eigenvalue weighted by atomic mass is 31.2. The second-order valence-corrected chi connectivity index (χ2v) is 16.2. The van der Waals surface area contributed by atoms with Crippen molar-refractivity contribution in [1.82, 2.24) is 0 Å². The summed E-state index contributed by atoms with van der Waals surface area (Å²) in [6, 6.07) is 0. The zero-order valence-corrected chi connectivity index (χ0v) is 34.9. The molecule has 0 fully saturated rings. The lowest BCUT2D eigenvalue weighted by Gasteiger charge is -2.20. The van der Waals surface area contributed by atoms with Gasteiger partial charge in [-0.05, 0) is 38.5 Å². The van der Waals surface area contributed by atoms with Crippen molar-refractivity contribution < 1.29 is 47.8 Å². The number of carbonyl (C=O) groups excluding carboxylic acids is 2. The summed E-state index contributed by atoms with van der Waals surface area (Å²) in [5.41, 5.74) is 0. The Morgan fingerprint density at radius 1 is 0.547 bits per heavy atom. The zero-order chi connectivity index (χ0) is 39.1. The van der Waals surface area contributed by atoms with E-state index in [4.69, 9.17) is 19.1 Å². The number of hydrogen-bond donors (Lipinski definition) is 3. The van der Waals surface area contributed by atoms with Crippen molar-refractivity contribution in [3.8, 4) is 0 Å². The topological polar surface area (TPSA) is 149 Å². The third kappa shape index (κ3) is 38.8. The van der Waals surface area contributed by atoms with Crippen molar-refractivity contribution in [3.63, 3.8) is 0 Å². The van der Waals surface area contributed by atoms with E-state index in [2.05, 4.69) is 30.5 Å². The van der Waals surface area contributed by atoms with Crippen molar-refractivity contribution in [1.29, 1.82) is 0 Å². The number of unbranched alkanes of at least 4 members (excludes halogenated alkanes) is 25. The quantitative estimate of drug-likeness (QED) is 0.0237. The Labute approximate surface area is 324 Å². The van der Waals surface area contributed by atoms with Crippen molar-refractivity contribution in [2.24, 2.45) is 0 Å². The van der Waals surface area contributed by atoms with Crippen molar-refractivity contribution >= 4 is 19.8 Å². The van der Waals surface area contributed by atoms with Crippen LogP contribution in [0.2, 0.25) is 0 Å². The van der Waals surface area contributed by atoms with Crippen LogP contribution in [0, 0.1) is 0 Å². The number of phosphoric ester groups is 1. The normalized spacial score (nSPS) is 14.0. The number of hydrogen-bond acceptors (Lipinski definition) is 9. The van der Waals surface area contributed by atoms with Crippen LogP contribution in [0.4, 0.5) is 0 Å². The summed E-state index contributed by atoms with van der Waals surface area (Å²) in [5.74, 6) is -0.924. The van der Waals surface area contributed by atoms with Gasteiger partial charge in [-0.25, -0.2) is 4.57 Å². The first-order valence-electron chi connectivity index (χ1n) is 21.6. The van der Waals surface area contributed by atoms with Crippen LogP contribution in [0.25, 0.3) is 0 Å². The van der Waals surface area contributed by atoms with Gasteiger partial charge in [0.1, 0.15) is 12.7 Å². The number of aliphatic hydroxyl groups excluding tert-OH is 2. The predicted molar refractivity (Wildman–Crippen MR) is 215 cm³/mol. The van der Waals surface area contributed by atoms with Crippen LogP contribution in [0.5, 0.6) is 0 Å². The van der Waals surface area contributed by atoms with Crippen LogP contribution in [0.15, 0.2) is 12.2 Å². The Morgan fingerprint density at radius 2 is 0.925 bits per heavy atom. The second-order valence-electron chi connectivity index (χ2n) is 14.7. The number of aliphatic hydroxyl groups is 2. The molecule has 0 spiro atoms. The minimum Gasteiger partial charge on any atom is -0.462 e. The number of rotatable bonds is 41. The third-order valence-electron chi connectivity index (χ3n) is 9.42. The Kier molecular flexibility index (Phi) is 38.0. The molecule has 0 radical (unpaired) electrons. The Balaban J connectivity index is 4.28. The third-order valence-corrected chi connectivity index (χ3v) is 10.4. The molecular weight excluding hydrogens is 695 g/mol. The van der Waals surface area contributed by atoms with E-state index >= 15 is 0 Å². The van der Waals surface area contributed by atoms with Crippen LogP contribution in [0.1, 0.15) is 206 Å². The molecule has 0 heterocycles. The molecule has 53 heavy (non-hydrogen) atoms. The molecule has 0 aliphatic carbocycles. The van der Waals surface area contributed by atoms with E-state index in [9.17, 15) is 24.2 Å². The van der Waals surface area contributed by atoms with Crippen LogP contribution < -0.4 is 0 Å². The molecule has 0 amide bonds. The fourth-order valence-corrected chi connectivity index (χ4v) is 6.84. The number of allylic oxidation sites excluding steroid dienone is 2. The van der Waals surface area contributed by atoms with Crippen LogP contribution in [-0.4, -0.2) is 65.7 Å². The summed E-state index contributed by atoms with van der Waals surface area (Å²) < 4.78 is 32.7. The number of ether oxygens (including phenoxy) is 2. The van der Waals surface area contributed by atoms with Crippen LogP contribution in [-0.2, 0) is 32.7 Å². The fourth-order valence-electron chi connectivity index (χ4n) is 6.05. The van der Waals surface area contributed by atoms with E-state index in [0.29, 0.717) is 12.8 Å². The maximum atomic E-state index is 12.6. The van der Waals surface area contributed by atoms with Gasteiger partial charge in [-0.3, -0.25) is 18.6 Å². The Bertz CT molecular complexity index is 899. The molecule has 314 valence electrons. The molecule has 0 saturated heterocycles. The first-order chi connectivity index (χ1) is 25.7. The number of phosphoric acid groups is 1. The first-order valence-corrected chi connectivity index (χ1v) is 23.1. The molecule has 0 saturated carbocycles. The van der Waals surface area contributed by atoms with E-state index in [1.807, 2.05) is 0 Å². The van der Waals surface area contributed by atoms with E-state index in [-0.39, 0.29) is 19.4 Å². The molecule has 0 aromatic heterocycles.